The fourth-order valence-corrected chi connectivity index (χ4v) is 5.39. The molecular weight excluding hydrogens is 491 g/mol. The Morgan fingerprint density at radius 2 is 1.12 bits per heavy atom. The van der Waals surface area contributed by atoms with E-state index in [2.05, 4.69) is 19.9 Å². The second kappa shape index (κ2) is 8.57. The molecule has 0 fully saturated rings. The van der Waals surface area contributed by atoms with Crippen LogP contribution in [-0.4, -0.2) is 28.4 Å². The van der Waals surface area contributed by atoms with Crippen molar-refractivity contribution >= 4 is 56.2 Å². The molecule has 0 aliphatic carbocycles. The van der Waals surface area contributed by atoms with Gasteiger partial charge in [0.1, 0.15) is 0 Å². The Kier molecular flexibility index (Phi) is 5.56. The first-order chi connectivity index (χ1) is 16.0. The Hall–Kier alpha value is -3.72. The van der Waals surface area contributed by atoms with Crippen molar-refractivity contribution in [3.05, 3.63) is 95.6 Å². The van der Waals surface area contributed by atoms with Crippen LogP contribution in [0.3, 0.4) is 0 Å². The van der Waals surface area contributed by atoms with Gasteiger partial charge in [0.2, 0.25) is 9.84 Å². The molecule has 169 valence electrons. The van der Waals surface area contributed by atoms with E-state index in [1.807, 2.05) is 54.6 Å². The number of aromatic nitrogens is 4. The number of H-pyrrole nitrogens is 2. The van der Waals surface area contributed by atoms with Crippen LogP contribution in [0.2, 0.25) is 0 Å². The summed E-state index contributed by atoms with van der Waals surface area (Å²) >= 11 is 0. The Morgan fingerprint density at radius 3 is 1.71 bits per heavy atom. The molecule has 2 aliphatic rings. The average Bonchev–Trinajstić information content (AvgIpc) is 3.59. The largest absolute Gasteiger partial charge is 0.355 e. The number of hydrogen-bond acceptors (Lipinski definition) is 4. The Morgan fingerprint density at radius 1 is 0.588 bits per heavy atom. The van der Waals surface area contributed by atoms with Gasteiger partial charge in [-0.25, -0.2) is 18.4 Å². The van der Waals surface area contributed by atoms with Crippen LogP contribution in [0.4, 0.5) is 0 Å². The summed E-state index contributed by atoms with van der Waals surface area (Å²) in [6.07, 6.45) is 7.60. The fourth-order valence-electron chi connectivity index (χ4n) is 3.94. The molecule has 0 saturated carbocycles. The zero-order valence-corrected chi connectivity index (χ0v) is 19.5. The molecular formula is C26H18CoN4O2S. The average molecular weight is 509 g/mol. The summed E-state index contributed by atoms with van der Waals surface area (Å²) in [4.78, 5) is 16.3. The van der Waals surface area contributed by atoms with Crippen molar-refractivity contribution in [1.82, 2.24) is 19.9 Å². The third kappa shape index (κ3) is 4.14. The molecule has 1 radical (unpaired) electrons. The van der Waals surface area contributed by atoms with Gasteiger partial charge in [-0.2, -0.15) is 0 Å². The van der Waals surface area contributed by atoms with Gasteiger partial charge >= 0.3 is 0 Å². The molecule has 8 bridgehead atoms. The maximum Gasteiger partial charge on any atom is 0.208 e. The molecule has 2 aliphatic heterocycles. The Bertz CT molecular complexity index is 1730. The predicted octanol–water partition coefficient (Wildman–Crippen LogP) is 5.49. The molecule has 3 aromatic heterocycles. The van der Waals surface area contributed by atoms with Gasteiger partial charge in [-0.05, 0) is 78.9 Å². The van der Waals surface area contributed by atoms with Crippen molar-refractivity contribution in [3.63, 3.8) is 0 Å². The third-order valence-corrected chi connectivity index (χ3v) is 7.28. The summed E-state index contributed by atoms with van der Waals surface area (Å²) in [6, 6.07) is 21.6. The van der Waals surface area contributed by atoms with E-state index in [4.69, 9.17) is 0 Å². The molecule has 4 aromatic rings. The van der Waals surface area contributed by atoms with Crippen LogP contribution in [0.25, 0.3) is 46.4 Å². The summed E-state index contributed by atoms with van der Waals surface area (Å²) in [7, 11) is -3.73. The third-order valence-electron chi connectivity index (χ3n) is 5.47. The van der Waals surface area contributed by atoms with Gasteiger partial charge in [0.15, 0.2) is 0 Å². The van der Waals surface area contributed by atoms with Gasteiger partial charge < -0.3 is 9.97 Å². The quantitative estimate of drug-likeness (QED) is 0.323. The molecule has 6 nitrogen and oxygen atoms in total. The molecule has 0 unspecified atom stereocenters. The molecule has 6 rings (SSSR count). The van der Waals surface area contributed by atoms with E-state index in [1.165, 1.54) is 0 Å². The number of benzene rings is 1. The van der Waals surface area contributed by atoms with Crippen molar-refractivity contribution in [3.8, 4) is 0 Å². The summed E-state index contributed by atoms with van der Waals surface area (Å²) in [6.45, 7) is 0. The van der Waals surface area contributed by atoms with E-state index >= 15 is 0 Å². The number of aromatic amines is 2. The van der Waals surface area contributed by atoms with Crippen molar-refractivity contribution in [2.45, 2.75) is 9.79 Å². The maximum atomic E-state index is 13.4. The minimum Gasteiger partial charge on any atom is -0.355 e. The molecule has 0 saturated heterocycles. The molecule has 0 atom stereocenters. The van der Waals surface area contributed by atoms with E-state index in [1.54, 1.807) is 42.5 Å². The summed E-state index contributed by atoms with van der Waals surface area (Å²) in [5.74, 6) is 0. The fraction of sp³-hybridized carbons (Fsp3) is 0. The number of sulfone groups is 1. The molecule has 1 aromatic carbocycles. The van der Waals surface area contributed by atoms with Crippen molar-refractivity contribution in [1.29, 1.82) is 0 Å². The van der Waals surface area contributed by atoms with Crippen LogP contribution in [0.5, 0.6) is 0 Å². The second-order valence-corrected chi connectivity index (χ2v) is 9.77. The van der Waals surface area contributed by atoms with Crippen molar-refractivity contribution in [2.75, 3.05) is 0 Å². The monoisotopic (exact) mass is 509 g/mol. The van der Waals surface area contributed by atoms with E-state index in [9.17, 15) is 8.42 Å². The van der Waals surface area contributed by atoms with Crippen LogP contribution in [0.15, 0.2) is 82.6 Å². The number of hydrogen-bond donors (Lipinski definition) is 2. The van der Waals surface area contributed by atoms with Gasteiger partial charge in [-0.15, -0.1) is 0 Å². The maximum absolute atomic E-state index is 13.4. The van der Waals surface area contributed by atoms with Crippen molar-refractivity contribution < 1.29 is 25.2 Å². The van der Waals surface area contributed by atoms with E-state index in [0.29, 0.717) is 16.7 Å². The second-order valence-electron chi connectivity index (χ2n) is 7.86. The summed E-state index contributed by atoms with van der Waals surface area (Å²) in [5.41, 5.74) is 5.97. The molecule has 0 amide bonds. The zero-order chi connectivity index (χ0) is 22.4. The molecule has 8 heteroatoms. The minimum atomic E-state index is -3.73. The van der Waals surface area contributed by atoms with Gasteiger partial charge in [0, 0.05) is 33.3 Å². The number of nitrogens with one attached hydrogen (secondary N) is 2. The molecule has 2 N–H and O–H groups in total. The minimum absolute atomic E-state index is 0. The van der Waals surface area contributed by atoms with E-state index in [-0.39, 0.29) is 26.6 Å². The topological polar surface area (TPSA) is 91.5 Å². The normalized spacial score (nSPS) is 12.5. The predicted molar refractivity (Wildman–Crippen MR) is 131 cm³/mol. The van der Waals surface area contributed by atoms with Crippen LogP contribution in [0.1, 0.15) is 22.8 Å². The van der Waals surface area contributed by atoms with Crippen LogP contribution >= 0.6 is 0 Å². The molecule has 5 heterocycles. The van der Waals surface area contributed by atoms with Gasteiger partial charge in [-0.1, -0.05) is 18.2 Å². The standard InChI is InChI=1S/C26H18N4O2S.Co/c31-33(32,24-4-2-1-3-5-24)26-16-23-14-21-9-8-19(28-21)12-17-6-7-18(27-17)13-20-10-11-22(29-20)15-25(26)30-23;/h1-16,27,30H;. The first kappa shape index (κ1) is 22.1. The van der Waals surface area contributed by atoms with Crippen molar-refractivity contribution in [2.24, 2.45) is 0 Å². The van der Waals surface area contributed by atoms with Gasteiger partial charge in [0.25, 0.3) is 0 Å². The molecule has 0 spiro atoms. The van der Waals surface area contributed by atoms with Crippen LogP contribution in [-0.2, 0) is 26.6 Å². The zero-order valence-electron chi connectivity index (χ0n) is 17.7. The SMILES string of the molecule is O=S(=O)(c1ccccc1)c1cc2cc3nc(cc4ccc(cc5nc(cc1[nH]2)C=C5)[nH]4)C=C3.[Co]. The first-order valence-corrected chi connectivity index (χ1v) is 11.9. The molecule has 34 heavy (non-hydrogen) atoms. The van der Waals surface area contributed by atoms with Gasteiger partial charge in [0.05, 0.1) is 38.1 Å². The Balaban J connectivity index is 0.00000241. The number of nitrogens with zero attached hydrogens (tertiary/aromatic N) is 2. The van der Waals surface area contributed by atoms with E-state index < -0.39 is 9.84 Å². The number of rotatable bonds is 2. The summed E-state index contributed by atoms with van der Waals surface area (Å²) in [5, 5.41) is 0. The van der Waals surface area contributed by atoms with Crippen LogP contribution < -0.4 is 0 Å². The van der Waals surface area contributed by atoms with Crippen LogP contribution in [0, 0.1) is 0 Å². The summed E-state index contributed by atoms with van der Waals surface area (Å²) < 4.78 is 26.9. The van der Waals surface area contributed by atoms with Gasteiger partial charge in [-0.3, -0.25) is 0 Å². The smallest absolute Gasteiger partial charge is 0.208 e. The number of fused-ring (bicyclic) bond motifs is 8. The first-order valence-electron chi connectivity index (χ1n) is 10.4. The van der Waals surface area contributed by atoms with E-state index in [0.717, 1.165) is 28.1 Å². The Labute approximate surface area is 206 Å².